The summed E-state index contributed by atoms with van der Waals surface area (Å²) in [7, 11) is 1.61. The van der Waals surface area contributed by atoms with Gasteiger partial charge in [-0.05, 0) is 30.2 Å². The van der Waals surface area contributed by atoms with Crippen LogP contribution in [0.5, 0.6) is 5.75 Å². The monoisotopic (exact) mass is 373 g/mol. The number of methoxy groups -OCH3 is 1. The van der Waals surface area contributed by atoms with Gasteiger partial charge in [0.2, 0.25) is 5.91 Å². The average molecular weight is 373 g/mol. The van der Waals surface area contributed by atoms with Gasteiger partial charge < -0.3 is 14.7 Å². The highest BCUT2D eigenvalue weighted by Gasteiger charge is 2.15. The third-order valence-corrected chi connectivity index (χ3v) is 4.77. The largest absolute Gasteiger partial charge is 0.497 e. The van der Waals surface area contributed by atoms with Gasteiger partial charge in [-0.15, -0.1) is 11.8 Å². The quantitative estimate of drug-likeness (QED) is 0.644. The second-order valence-corrected chi connectivity index (χ2v) is 6.81. The van der Waals surface area contributed by atoms with E-state index in [4.69, 9.17) is 9.84 Å². The summed E-state index contributed by atoms with van der Waals surface area (Å²) in [6.45, 7) is 0.913. The molecule has 5 nitrogen and oxygen atoms in total. The molecule has 0 atom stereocenters. The third kappa shape index (κ3) is 6.80. The van der Waals surface area contributed by atoms with Gasteiger partial charge in [0.1, 0.15) is 5.75 Å². The Labute approximate surface area is 158 Å². The summed E-state index contributed by atoms with van der Waals surface area (Å²) in [5, 5.41) is 8.84. The first-order chi connectivity index (χ1) is 12.6. The number of benzene rings is 2. The smallest absolute Gasteiger partial charge is 0.303 e. The van der Waals surface area contributed by atoms with Crippen molar-refractivity contribution in [2.75, 3.05) is 19.4 Å². The van der Waals surface area contributed by atoms with E-state index in [1.54, 1.807) is 12.0 Å². The fraction of sp³-hybridized carbons (Fsp3) is 0.300. The molecule has 0 spiro atoms. The predicted octanol–water partition coefficient (Wildman–Crippen LogP) is 3.68. The second kappa shape index (κ2) is 10.5. The first-order valence-corrected chi connectivity index (χ1v) is 9.37. The van der Waals surface area contributed by atoms with Crippen LogP contribution < -0.4 is 4.74 Å². The van der Waals surface area contributed by atoms with Crippen molar-refractivity contribution in [3.63, 3.8) is 0 Å². The van der Waals surface area contributed by atoms with Gasteiger partial charge in [-0.25, -0.2) is 0 Å². The number of aliphatic carboxylic acids is 1. The molecule has 0 unspecified atom stereocenters. The van der Waals surface area contributed by atoms with Gasteiger partial charge in [0.25, 0.3) is 0 Å². The van der Waals surface area contributed by atoms with Crippen molar-refractivity contribution in [2.45, 2.75) is 24.3 Å². The minimum Gasteiger partial charge on any atom is -0.497 e. The molecule has 0 radical (unpaired) electrons. The van der Waals surface area contributed by atoms with E-state index in [0.717, 1.165) is 16.2 Å². The lowest BCUT2D eigenvalue weighted by Gasteiger charge is -2.22. The van der Waals surface area contributed by atoms with Crippen LogP contribution in [-0.4, -0.2) is 41.3 Å². The number of ether oxygens (including phenoxy) is 1. The Hall–Kier alpha value is -2.47. The molecule has 0 saturated carbocycles. The molecule has 0 aliphatic heterocycles. The maximum Gasteiger partial charge on any atom is 0.303 e. The predicted molar refractivity (Wildman–Crippen MR) is 102 cm³/mol. The summed E-state index contributed by atoms with van der Waals surface area (Å²) in [4.78, 5) is 26.1. The van der Waals surface area contributed by atoms with Gasteiger partial charge in [0, 0.05) is 24.4 Å². The molecular formula is C20H23NO4S. The first-order valence-electron chi connectivity index (χ1n) is 8.39. The van der Waals surface area contributed by atoms with Crippen LogP contribution in [0.1, 0.15) is 18.4 Å². The van der Waals surface area contributed by atoms with Crippen molar-refractivity contribution in [3.05, 3.63) is 60.2 Å². The Morgan fingerprint density at radius 2 is 1.88 bits per heavy atom. The van der Waals surface area contributed by atoms with Crippen molar-refractivity contribution in [3.8, 4) is 5.75 Å². The number of amides is 1. The Morgan fingerprint density at radius 1 is 1.12 bits per heavy atom. The van der Waals surface area contributed by atoms with Crippen molar-refractivity contribution in [1.29, 1.82) is 0 Å². The minimum atomic E-state index is -0.845. The second-order valence-electron chi connectivity index (χ2n) is 5.77. The highest BCUT2D eigenvalue weighted by atomic mass is 32.2. The maximum atomic E-state index is 12.7. The van der Waals surface area contributed by atoms with Crippen molar-refractivity contribution in [1.82, 2.24) is 4.90 Å². The number of carbonyl (C=O) groups excluding carboxylic acids is 1. The molecule has 0 saturated heterocycles. The van der Waals surface area contributed by atoms with E-state index in [1.807, 2.05) is 54.6 Å². The molecule has 1 N–H and O–H groups in total. The topological polar surface area (TPSA) is 66.8 Å². The molecule has 1 amide bonds. The van der Waals surface area contributed by atoms with Gasteiger partial charge in [-0.3, -0.25) is 9.59 Å². The molecule has 0 aliphatic rings. The Kier molecular flexibility index (Phi) is 8.02. The van der Waals surface area contributed by atoms with Gasteiger partial charge in [-0.2, -0.15) is 0 Å². The lowest BCUT2D eigenvalue weighted by atomic mass is 10.2. The molecule has 0 heterocycles. The summed E-state index contributed by atoms with van der Waals surface area (Å²) in [5.41, 5.74) is 1.03. The van der Waals surface area contributed by atoms with Crippen LogP contribution in [0, 0.1) is 0 Å². The van der Waals surface area contributed by atoms with Gasteiger partial charge in [0.05, 0.1) is 12.9 Å². The normalized spacial score (nSPS) is 10.3. The number of thioether (sulfide) groups is 1. The Balaban J connectivity index is 1.97. The summed E-state index contributed by atoms with van der Waals surface area (Å²) in [5.74, 6) is 0.201. The third-order valence-electron chi connectivity index (χ3n) is 3.79. The van der Waals surface area contributed by atoms with Crippen LogP contribution in [0.15, 0.2) is 59.5 Å². The fourth-order valence-corrected chi connectivity index (χ4v) is 3.29. The van der Waals surface area contributed by atoms with Gasteiger partial charge >= 0.3 is 5.97 Å². The summed E-state index contributed by atoms with van der Waals surface area (Å²) >= 11 is 1.45. The number of hydrogen-bond donors (Lipinski definition) is 1. The van der Waals surface area contributed by atoms with Crippen LogP contribution in [0.2, 0.25) is 0 Å². The Morgan fingerprint density at radius 3 is 2.58 bits per heavy atom. The van der Waals surface area contributed by atoms with Crippen LogP contribution in [0.4, 0.5) is 0 Å². The number of carbonyl (C=O) groups is 2. The van der Waals surface area contributed by atoms with Crippen LogP contribution in [0.3, 0.4) is 0 Å². The van der Waals surface area contributed by atoms with E-state index in [2.05, 4.69) is 0 Å². The lowest BCUT2D eigenvalue weighted by Crippen LogP contribution is -2.33. The number of carboxylic acid groups (broad SMARTS) is 1. The molecule has 0 bridgehead atoms. The zero-order valence-electron chi connectivity index (χ0n) is 14.8. The molecule has 2 aromatic carbocycles. The average Bonchev–Trinajstić information content (AvgIpc) is 2.66. The van der Waals surface area contributed by atoms with Gasteiger partial charge in [0.15, 0.2) is 0 Å². The molecule has 138 valence electrons. The molecule has 0 fully saturated rings. The van der Waals surface area contributed by atoms with E-state index in [1.165, 1.54) is 11.8 Å². The van der Waals surface area contributed by atoms with E-state index < -0.39 is 5.97 Å². The molecule has 6 heteroatoms. The van der Waals surface area contributed by atoms with E-state index in [-0.39, 0.29) is 12.3 Å². The fourth-order valence-electron chi connectivity index (χ4n) is 2.44. The standard InChI is InChI=1S/C20H23NO4S/c1-25-17-9-5-10-18(13-17)26-15-19(22)21(12-6-11-20(23)24)14-16-7-3-2-4-8-16/h2-5,7-10,13H,6,11-12,14-15H2,1H3,(H,23,24). The molecule has 26 heavy (non-hydrogen) atoms. The number of hydrogen-bond acceptors (Lipinski definition) is 4. The van der Waals surface area contributed by atoms with Crippen molar-refractivity contribution < 1.29 is 19.4 Å². The maximum absolute atomic E-state index is 12.7. The summed E-state index contributed by atoms with van der Waals surface area (Å²) in [6, 6.07) is 17.3. The molecule has 2 rings (SSSR count). The van der Waals surface area contributed by atoms with Crippen LogP contribution >= 0.6 is 11.8 Å². The molecular weight excluding hydrogens is 350 g/mol. The van der Waals surface area contributed by atoms with E-state index in [0.29, 0.717) is 25.3 Å². The minimum absolute atomic E-state index is 0.00735. The number of rotatable bonds is 10. The van der Waals surface area contributed by atoms with Crippen LogP contribution in [0.25, 0.3) is 0 Å². The van der Waals surface area contributed by atoms with E-state index >= 15 is 0 Å². The summed E-state index contributed by atoms with van der Waals surface area (Å²) in [6.07, 6.45) is 0.499. The Bertz CT molecular complexity index is 721. The zero-order chi connectivity index (χ0) is 18.8. The van der Waals surface area contributed by atoms with Gasteiger partial charge in [-0.1, -0.05) is 36.4 Å². The van der Waals surface area contributed by atoms with Crippen molar-refractivity contribution in [2.24, 2.45) is 0 Å². The number of nitrogens with zero attached hydrogens (tertiary/aromatic N) is 1. The lowest BCUT2D eigenvalue weighted by molar-refractivity contribution is -0.138. The highest BCUT2D eigenvalue weighted by Crippen LogP contribution is 2.23. The zero-order valence-corrected chi connectivity index (χ0v) is 15.6. The van der Waals surface area contributed by atoms with Crippen molar-refractivity contribution >= 4 is 23.6 Å². The molecule has 0 aliphatic carbocycles. The molecule has 0 aromatic heterocycles. The number of carboxylic acids is 1. The SMILES string of the molecule is COc1cccc(SCC(=O)N(CCCC(=O)O)Cc2ccccc2)c1. The molecule has 2 aromatic rings. The first kappa shape index (κ1) is 19.8. The highest BCUT2D eigenvalue weighted by molar-refractivity contribution is 8.00. The van der Waals surface area contributed by atoms with Crippen LogP contribution in [-0.2, 0) is 16.1 Å². The summed E-state index contributed by atoms with van der Waals surface area (Å²) < 4.78 is 5.20. The van der Waals surface area contributed by atoms with E-state index in [9.17, 15) is 9.59 Å².